The number of benzene rings is 1. The average Bonchev–Trinajstić information content (AvgIpc) is 3.09. The van der Waals surface area contributed by atoms with Crippen LogP contribution in [0.1, 0.15) is 36.1 Å². The summed E-state index contributed by atoms with van der Waals surface area (Å²) in [5.74, 6) is 0.426. The van der Waals surface area contributed by atoms with Crippen LogP contribution in [-0.4, -0.2) is 41.1 Å². The summed E-state index contributed by atoms with van der Waals surface area (Å²) in [6, 6.07) is 5.41. The Hall–Kier alpha value is -1.82. The van der Waals surface area contributed by atoms with E-state index in [1.807, 2.05) is 19.1 Å². The summed E-state index contributed by atoms with van der Waals surface area (Å²) >= 11 is 12.2. The summed E-state index contributed by atoms with van der Waals surface area (Å²) in [7, 11) is 1.55. The van der Waals surface area contributed by atoms with E-state index in [-0.39, 0.29) is 18.4 Å². The quantitative estimate of drug-likeness (QED) is 0.729. The molecule has 1 unspecified atom stereocenters. The number of carbonyl (C=O) groups is 1. The van der Waals surface area contributed by atoms with Gasteiger partial charge in [0.2, 0.25) is 5.91 Å². The molecular weight excluding hydrogens is 399 g/mol. The first-order valence-corrected chi connectivity index (χ1v) is 10.1. The molecule has 0 radical (unpaired) electrons. The minimum atomic E-state index is -0.869. The van der Waals surface area contributed by atoms with Gasteiger partial charge in [0.15, 0.2) is 0 Å². The molecule has 0 bridgehead atoms. The SMILES string of the molecule is CCCN(CC(O)c1cnccc1OC)C(=O)C1Cc2cc(Cl)c(Cl)cc2C1. The highest BCUT2D eigenvalue weighted by atomic mass is 35.5. The van der Waals surface area contributed by atoms with E-state index in [9.17, 15) is 9.90 Å². The number of carbonyl (C=O) groups excluding carboxylic acids is 1. The minimum Gasteiger partial charge on any atom is -0.496 e. The van der Waals surface area contributed by atoms with Crippen LogP contribution in [0, 0.1) is 5.92 Å². The van der Waals surface area contributed by atoms with Gasteiger partial charge in [0, 0.05) is 30.4 Å². The molecule has 1 aliphatic rings. The van der Waals surface area contributed by atoms with Crippen LogP contribution in [0.5, 0.6) is 5.75 Å². The molecule has 28 heavy (non-hydrogen) atoms. The van der Waals surface area contributed by atoms with Crippen molar-refractivity contribution in [2.24, 2.45) is 5.92 Å². The summed E-state index contributed by atoms with van der Waals surface area (Å²) < 4.78 is 5.30. The monoisotopic (exact) mass is 422 g/mol. The van der Waals surface area contributed by atoms with E-state index in [2.05, 4.69) is 4.98 Å². The lowest BCUT2D eigenvalue weighted by atomic mass is 10.0. The highest BCUT2D eigenvalue weighted by molar-refractivity contribution is 6.42. The molecule has 7 heteroatoms. The fourth-order valence-electron chi connectivity index (χ4n) is 3.74. The number of ether oxygens (including phenoxy) is 1. The number of aliphatic hydroxyl groups is 1. The van der Waals surface area contributed by atoms with E-state index in [4.69, 9.17) is 27.9 Å². The van der Waals surface area contributed by atoms with E-state index >= 15 is 0 Å². The van der Waals surface area contributed by atoms with Crippen LogP contribution in [-0.2, 0) is 17.6 Å². The first kappa shape index (κ1) is 20.9. The zero-order chi connectivity index (χ0) is 20.3. The molecule has 3 rings (SSSR count). The van der Waals surface area contributed by atoms with Crippen molar-refractivity contribution in [1.82, 2.24) is 9.88 Å². The minimum absolute atomic E-state index is 0.0344. The maximum atomic E-state index is 13.2. The van der Waals surface area contributed by atoms with Gasteiger partial charge in [-0.3, -0.25) is 9.78 Å². The number of aromatic nitrogens is 1. The van der Waals surface area contributed by atoms with Gasteiger partial charge in [0.25, 0.3) is 0 Å². The van der Waals surface area contributed by atoms with Crippen LogP contribution in [0.25, 0.3) is 0 Å². The van der Waals surface area contributed by atoms with Crippen LogP contribution in [0.3, 0.4) is 0 Å². The van der Waals surface area contributed by atoms with Crippen LogP contribution in [0.2, 0.25) is 10.0 Å². The third-order valence-electron chi connectivity index (χ3n) is 5.11. The van der Waals surface area contributed by atoms with Gasteiger partial charge >= 0.3 is 0 Å². The van der Waals surface area contributed by atoms with Gasteiger partial charge in [0.1, 0.15) is 11.9 Å². The average molecular weight is 423 g/mol. The van der Waals surface area contributed by atoms with Gasteiger partial charge in [-0.2, -0.15) is 0 Å². The third kappa shape index (κ3) is 4.43. The highest BCUT2D eigenvalue weighted by Crippen LogP contribution is 2.35. The summed E-state index contributed by atoms with van der Waals surface area (Å²) in [4.78, 5) is 19.0. The zero-order valence-electron chi connectivity index (χ0n) is 16.0. The van der Waals surface area contributed by atoms with E-state index in [0.29, 0.717) is 40.7 Å². The Morgan fingerprint density at radius 2 is 1.96 bits per heavy atom. The Bertz CT molecular complexity index is 829. The van der Waals surface area contributed by atoms with Gasteiger partial charge in [-0.05, 0) is 48.6 Å². The molecule has 0 saturated carbocycles. The number of aliphatic hydroxyl groups excluding tert-OH is 1. The standard InChI is InChI=1S/C21H24Cl2N2O3/c1-3-6-25(12-19(26)16-11-24-5-4-20(16)28-2)21(27)15-7-13-9-17(22)18(23)10-14(13)8-15/h4-5,9-11,15,19,26H,3,6-8,12H2,1-2H3. The lowest BCUT2D eigenvalue weighted by Gasteiger charge is -2.28. The van der Waals surface area contributed by atoms with Crippen molar-refractivity contribution in [1.29, 1.82) is 0 Å². The molecule has 1 aromatic heterocycles. The van der Waals surface area contributed by atoms with Crippen molar-refractivity contribution >= 4 is 29.1 Å². The van der Waals surface area contributed by atoms with Gasteiger partial charge in [-0.15, -0.1) is 0 Å². The number of hydrogen-bond acceptors (Lipinski definition) is 4. The van der Waals surface area contributed by atoms with Crippen molar-refractivity contribution in [2.45, 2.75) is 32.3 Å². The van der Waals surface area contributed by atoms with Gasteiger partial charge in [-0.1, -0.05) is 30.1 Å². The van der Waals surface area contributed by atoms with E-state index in [1.54, 1.807) is 30.5 Å². The number of pyridine rings is 1. The number of rotatable bonds is 7. The van der Waals surface area contributed by atoms with Crippen molar-refractivity contribution < 1.29 is 14.6 Å². The lowest BCUT2D eigenvalue weighted by molar-refractivity contribution is -0.136. The second-order valence-electron chi connectivity index (χ2n) is 7.06. The fourth-order valence-corrected chi connectivity index (χ4v) is 4.12. The highest BCUT2D eigenvalue weighted by Gasteiger charge is 2.32. The molecule has 2 aromatic rings. The molecule has 1 aliphatic carbocycles. The topological polar surface area (TPSA) is 62.7 Å². The van der Waals surface area contributed by atoms with Crippen molar-refractivity contribution in [3.8, 4) is 5.75 Å². The van der Waals surface area contributed by atoms with Gasteiger partial charge in [-0.25, -0.2) is 0 Å². The van der Waals surface area contributed by atoms with Crippen LogP contribution in [0.15, 0.2) is 30.6 Å². The molecule has 0 aliphatic heterocycles. The van der Waals surface area contributed by atoms with Crippen molar-refractivity contribution in [2.75, 3.05) is 20.2 Å². The summed E-state index contributed by atoms with van der Waals surface area (Å²) in [5.41, 5.74) is 2.71. The first-order chi connectivity index (χ1) is 13.4. The molecule has 1 aromatic carbocycles. The van der Waals surface area contributed by atoms with E-state index < -0.39 is 6.10 Å². The number of halogens is 2. The molecule has 1 heterocycles. The maximum Gasteiger partial charge on any atom is 0.226 e. The maximum absolute atomic E-state index is 13.2. The number of nitrogens with zero attached hydrogens (tertiary/aromatic N) is 2. The number of methoxy groups -OCH3 is 1. The Morgan fingerprint density at radius 3 is 2.54 bits per heavy atom. The van der Waals surface area contributed by atoms with Gasteiger partial charge in [0.05, 0.1) is 23.7 Å². The lowest BCUT2D eigenvalue weighted by Crippen LogP contribution is -2.39. The number of amides is 1. The number of hydrogen-bond donors (Lipinski definition) is 1. The number of fused-ring (bicyclic) bond motifs is 1. The molecule has 1 atom stereocenters. The normalized spacial score (nSPS) is 14.6. The fraction of sp³-hybridized carbons (Fsp3) is 0.429. The Kier molecular flexibility index (Phi) is 6.81. The summed E-state index contributed by atoms with van der Waals surface area (Å²) in [6.45, 7) is 2.79. The van der Waals surface area contributed by atoms with Crippen LogP contribution in [0.4, 0.5) is 0 Å². The van der Waals surface area contributed by atoms with Crippen molar-refractivity contribution in [3.05, 3.63) is 57.3 Å². The largest absolute Gasteiger partial charge is 0.496 e. The van der Waals surface area contributed by atoms with Crippen molar-refractivity contribution in [3.63, 3.8) is 0 Å². The first-order valence-electron chi connectivity index (χ1n) is 9.36. The molecule has 1 N–H and O–H groups in total. The molecule has 0 fully saturated rings. The Morgan fingerprint density at radius 1 is 1.32 bits per heavy atom. The predicted octanol–water partition coefficient (Wildman–Crippen LogP) is 4.08. The molecule has 1 amide bonds. The Balaban J connectivity index is 1.74. The summed E-state index contributed by atoms with van der Waals surface area (Å²) in [5, 5.41) is 11.7. The molecule has 0 spiro atoms. The van der Waals surface area contributed by atoms with Gasteiger partial charge < -0.3 is 14.7 Å². The van der Waals surface area contributed by atoms with Crippen LogP contribution >= 0.6 is 23.2 Å². The smallest absolute Gasteiger partial charge is 0.226 e. The molecule has 5 nitrogen and oxygen atoms in total. The Labute approximate surface area is 175 Å². The van der Waals surface area contributed by atoms with Crippen LogP contribution < -0.4 is 4.74 Å². The third-order valence-corrected chi connectivity index (χ3v) is 5.83. The predicted molar refractivity (Wildman–Crippen MR) is 110 cm³/mol. The second-order valence-corrected chi connectivity index (χ2v) is 7.87. The van der Waals surface area contributed by atoms with E-state index in [1.165, 1.54) is 0 Å². The zero-order valence-corrected chi connectivity index (χ0v) is 17.5. The van der Waals surface area contributed by atoms with E-state index in [0.717, 1.165) is 17.5 Å². The molecular formula is C21H24Cl2N2O3. The summed E-state index contributed by atoms with van der Waals surface area (Å²) in [6.07, 6.45) is 4.39. The second kappa shape index (κ2) is 9.12. The molecule has 0 saturated heterocycles. The molecule has 150 valence electrons.